The monoisotopic (exact) mass is 624 g/mol. The normalized spacial score (nSPS) is 11.6. The maximum absolute atomic E-state index is 5.34. The predicted octanol–water partition coefficient (Wildman–Crippen LogP) is 10.9. The van der Waals surface area contributed by atoms with E-state index >= 15 is 0 Å². The third kappa shape index (κ3) is 6.35. The fourth-order valence-corrected chi connectivity index (χ4v) is 8.24. The Morgan fingerprint density at radius 3 is 1.42 bits per heavy atom. The van der Waals surface area contributed by atoms with Crippen molar-refractivity contribution in [1.29, 1.82) is 0 Å². The zero-order valence-corrected chi connectivity index (χ0v) is 24.9. The number of rotatable bonds is 12. The van der Waals surface area contributed by atoms with E-state index in [4.69, 9.17) is 9.97 Å². The summed E-state index contributed by atoms with van der Waals surface area (Å²) in [7, 11) is 0. The van der Waals surface area contributed by atoms with Crippen LogP contribution >= 0.6 is 65.9 Å². The summed E-state index contributed by atoms with van der Waals surface area (Å²) in [6.07, 6.45) is 12.1. The average Bonchev–Trinajstić information content (AvgIpc) is 3.52. The molecule has 0 saturated carbocycles. The number of aromatic nitrogens is 2. The molecule has 7 heteroatoms. The van der Waals surface area contributed by atoms with Crippen molar-refractivity contribution in [2.75, 3.05) is 0 Å². The van der Waals surface area contributed by atoms with E-state index in [2.05, 4.69) is 70.0 Å². The lowest BCUT2D eigenvalue weighted by Gasteiger charge is -2.10. The first kappa shape index (κ1) is 25.5. The van der Waals surface area contributed by atoms with Crippen molar-refractivity contribution < 1.29 is 0 Å². The van der Waals surface area contributed by atoms with Crippen molar-refractivity contribution in [3.8, 4) is 19.5 Å². The number of hydrogen-bond acceptors (Lipinski definition) is 5. The molecule has 0 aliphatic heterocycles. The Kier molecular flexibility index (Phi) is 9.57. The highest BCUT2D eigenvalue weighted by Crippen LogP contribution is 2.47. The minimum atomic E-state index is 1.04. The van der Waals surface area contributed by atoms with Gasteiger partial charge in [0.1, 0.15) is 11.0 Å². The Balaban J connectivity index is 1.80. The third-order valence-corrected chi connectivity index (χ3v) is 10.6. The lowest BCUT2D eigenvalue weighted by atomic mass is 10.0. The maximum atomic E-state index is 5.34. The molecule has 0 saturated heterocycles. The predicted molar refractivity (Wildman–Crippen MR) is 155 cm³/mol. The summed E-state index contributed by atoms with van der Waals surface area (Å²) >= 11 is 12.7. The lowest BCUT2D eigenvalue weighted by molar-refractivity contribution is 0.639. The van der Waals surface area contributed by atoms with E-state index in [9.17, 15) is 0 Å². The summed E-state index contributed by atoms with van der Waals surface area (Å²) in [6, 6.07) is 8.67. The summed E-state index contributed by atoms with van der Waals surface area (Å²) in [5, 5.41) is 0. The second kappa shape index (κ2) is 12.4. The molecule has 0 amide bonds. The number of thiophene rings is 3. The summed E-state index contributed by atoms with van der Waals surface area (Å²) in [4.78, 5) is 15.7. The number of nitrogens with zero attached hydrogens (tertiary/aromatic N) is 2. The molecule has 0 aliphatic rings. The minimum Gasteiger partial charge on any atom is -0.248 e. The topological polar surface area (TPSA) is 25.8 Å². The van der Waals surface area contributed by atoms with Gasteiger partial charge < -0.3 is 0 Å². The number of halogens is 2. The molecule has 0 aliphatic carbocycles. The van der Waals surface area contributed by atoms with Gasteiger partial charge in [-0.3, -0.25) is 0 Å². The number of fused-ring (bicyclic) bond motifs is 1. The Bertz CT molecular complexity index is 1100. The van der Waals surface area contributed by atoms with Crippen molar-refractivity contribution in [2.24, 2.45) is 0 Å². The molecule has 0 N–H and O–H groups in total. The Labute approximate surface area is 226 Å². The van der Waals surface area contributed by atoms with Crippen LogP contribution in [0.1, 0.15) is 76.6 Å². The summed E-state index contributed by atoms with van der Waals surface area (Å²) in [5.74, 6) is 0. The fraction of sp³-hybridized carbons (Fsp3) is 0.462. The van der Waals surface area contributed by atoms with E-state index < -0.39 is 0 Å². The van der Waals surface area contributed by atoms with Crippen LogP contribution in [0.15, 0.2) is 31.8 Å². The highest BCUT2D eigenvalue weighted by molar-refractivity contribution is 9.11. The van der Waals surface area contributed by atoms with Crippen LogP contribution in [0, 0.1) is 0 Å². The first-order valence-electron chi connectivity index (χ1n) is 11.9. The molecule has 4 rings (SSSR count). The summed E-state index contributed by atoms with van der Waals surface area (Å²) in [5.41, 5.74) is 4.61. The average molecular weight is 627 g/mol. The molecular formula is C26H30Br2N2S3. The lowest BCUT2D eigenvalue weighted by Crippen LogP contribution is -2.03. The van der Waals surface area contributed by atoms with E-state index in [-0.39, 0.29) is 0 Å². The van der Waals surface area contributed by atoms with Crippen LogP contribution in [0.3, 0.4) is 0 Å². The van der Waals surface area contributed by atoms with E-state index in [1.165, 1.54) is 82.3 Å². The van der Waals surface area contributed by atoms with E-state index in [1.54, 1.807) is 22.7 Å². The molecule has 4 aromatic heterocycles. The second-order valence-corrected chi connectivity index (χ2v) is 14.4. The highest BCUT2D eigenvalue weighted by Gasteiger charge is 2.21. The van der Waals surface area contributed by atoms with Gasteiger partial charge in [-0.15, -0.1) is 34.0 Å². The molecule has 0 fully saturated rings. The van der Waals surface area contributed by atoms with Crippen molar-refractivity contribution in [2.45, 2.75) is 78.1 Å². The molecule has 0 bridgehead atoms. The smallest absolute Gasteiger partial charge is 0.109 e. The zero-order chi connectivity index (χ0) is 23.2. The van der Waals surface area contributed by atoms with Crippen molar-refractivity contribution in [3.05, 3.63) is 43.2 Å². The molecule has 4 heterocycles. The quantitative estimate of drug-likeness (QED) is 0.146. The molecule has 2 nitrogen and oxygen atoms in total. The molecular weight excluding hydrogens is 596 g/mol. The van der Waals surface area contributed by atoms with Crippen molar-refractivity contribution in [1.82, 2.24) is 9.97 Å². The molecule has 0 spiro atoms. The van der Waals surface area contributed by atoms with Crippen molar-refractivity contribution >= 4 is 76.9 Å². The summed E-state index contributed by atoms with van der Waals surface area (Å²) in [6.45, 7) is 4.54. The first-order valence-corrected chi connectivity index (χ1v) is 16.0. The first-order chi connectivity index (χ1) is 16.1. The van der Waals surface area contributed by atoms with Gasteiger partial charge in [-0.1, -0.05) is 52.4 Å². The molecule has 33 heavy (non-hydrogen) atoms. The van der Waals surface area contributed by atoms with Crippen molar-refractivity contribution in [3.63, 3.8) is 0 Å². The van der Waals surface area contributed by atoms with Gasteiger partial charge >= 0.3 is 0 Å². The molecule has 0 radical (unpaired) electrons. The van der Waals surface area contributed by atoms with Crippen LogP contribution in [-0.2, 0) is 12.8 Å². The molecule has 0 aromatic carbocycles. The highest BCUT2D eigenvalue weighted by atomic mass is 79.9. The molecule has 176 valence electrons. The van der Waals surface area contributed by atoms with Gasteiger partial charge in [0.15, 0.2) is 0 Å². The van der Waals surface area contributed by atoms with Crippen LogP contribution in [0.2, 0.25) is 0 Å². The standard InChI is InChI=1S/C26H30Br2N2S3/c1-3-5-7-9-11-17-18(12-10-8-6-4-2)30-24-23(29-17)25(19-13-15-21(27)31-19)33-26(24)20-14-16-22(28)32-20/h13-16H,3-12H2,1-2H3. The zero-order valence-electron chi connectivity index (χ0n) is 19.3. The Hall–Kier alpha value is -0.600. The van der Waals surface area contributed by atoms with E-state index in [1.807, 2.05) is 11.3 Å². The molecule has 0 atom stereocenters. The summed E-state index contributed by atoms with van der Waals surface area (Å²) < 4.78 is 2.31. The van der Waals surface area contributed by atoms with Gasteiger partial charge in [-0.05, 0) is 81.8 Å². The molecule has 4 aromatic rings. The van der Waals surface area contributed by atoms with E-state index in [0.29, 0.717) is 0 Å². The van der Waals surface area contributed by atoms with Crippen LogP contribution in [0.4, 0.5) is 0 Å². The van der Waals surface area contributed by atoms with Gasteiger partial charge in [0, 0.05) is 9.75 Å². The number of hydrogen-bond donors (Lipinski definition) is 0. The largest absolute Gasteiger partial charge is 0.248 e. The molecule has 0 unspecified atom stereocenters. The fourth-order valence-electron chi connectivity index (χ4n) is 4.07. The van der Waals surface area contributed by atoms with Gasteiger partial charge in [0.05, 0.1) is 28.7 Å². The number of aryl methyl sites for hydroxylation is 2. The van der Waals surface area contributed by atoms with Crippen LogP contribution in [0.25, 0.3) is 30.5 Å². The van der Waals surface area contributed by atoms with Crippen LogP contribution in [0.5, 0.6) is 0 Å². The Morgan fingerprint density at radius 1 is 0.606 bits per heavy atom. The second-order valence-electron chi connectivity index (χ2n) is 8.40. The van der Waals surface area contributed by atoms with Crippen LogP contribution in [-0.4, -0.2) is 9.97 Å². The minimum absolute atomic E-state index is 1.04. The van der Waals surface area contributed by atoms with E-state index in [0.717, 1.165) is 31.4 Å². The SMILES string of the molecule is CCCCCCc1nc2c(-c3ccc(Br)s3)sc(-c3ccc(Br)s3)c2nc1CCCCCC. The van der Waals surface area contributed by atoms with Gasteiger partial charge in [-0.25, -0.2) is 9.97 Å². The third-order valence-electron chi connectivity index (χ3n) is 5.81. The maximum Gasteiger partial charge on any atom is 0.109 e. The van der Waals surface area contributed by atoms with Gasteiger partial charge in [-0.2, -0.15) is 0 Å². The van der Waals surface area contributed by atoms with Gasteiger partial charge in [0.2, 0.25) is 0 Å². The number of unbranched alkanes of at least 4 members (excludes halogenated alkanes) is 6. The Morgan fingerprint density at radius 2 is 1.06 bits per heavy atom. The van der Waals surface area contributed by atoms with Crippen LogP contribution < -0.4 is 0 Å². The van der Waals surface area contributed by atoms with Gasteiger partial charge in [0.25, 0.3) is 0 Å².